The Morgan fingerprint density at radius 2 is 1.88 bits per heavy atom. The lowest BCUT2D eigenvalue weighted by Gasteiger charge is -2.43. The second-order valence-corrected chi connectivity index (χ2v) is 6.90. The summed E-state index contributed by atoms with van der Waals surface area (Å²) in [6, 6.07) is 1.67. The molecule has 0 aliphatic carbocycles. The maximum atomic E-state index is 13.5. The zero-order valence-electron chi connectivity index (χ0n) is 13.6. The fourth-order valence-corrected chi connectivity index (χ4v) is 2.92. The standard InChI is InChI=1S/C17H19F4NO2/c1-16(2,3)14-8-10(6-7-22(14)15(23)24)12-9-11(18)4-5-13(12)17(19,20)21/h4-5,8-9,14H,6-7H2,1-3H3,(H,23,24)/p-1. The molecule has 1 atom stereocenters. The second-order valence-electron chi connectivity index (χ2n) is 6.90. The van der Waals surface area contributed by atoms with Gasteiger partial charge in [0.15, 0.2) is 0 Å². The van der Waals surface area contributed by atoms with Crippen molar-refractivity contribution >= 4 is 11.7 Å². The van der Waals surface area contributed by atoms with Crippen LogP contribution in [0.25, 0.3) is 5.57 Å². The van der Waals surface area contributed by atoms with Crippen molar-refractivity contribution in [3.63, 3.8) is 0 Å². The number of carboxylic acid groups (broad SMARTS) is 1. The van der Waals surface area contributed by atoms with Gasteiger partial charge in [-0.15, -0.1) is 0 Å². The molecule has 0 saturated heterocycles. The van der Waals surface area contributed by atoms with E-state index in [4.69, 9.17) is 0 Å². The van der Waals surface area contributed by atoms with Crippen molar-refractivity contribution in [2.24, 2.45) is 5.41 Å². The Balaban J connectivity index is 2.57. The minimum absolute atomic E-state index is 0.00388. The average Bonchev–Trinajstić information content (AvgIpc) is 2.44. The lowest BCUT2D eigenvalue weighted by Crippen LogP contribution is -2.53. The summed E-state index contributed by atoms with van der Waals surface area (Å²) in [7, 11) is 0. The van der Waals surface area contributed by atoms with Crippen LogP contribution in [0.15, 0.2) is 24.3 Å². The van der Waals surface area contributed by atoms with Crippen LogP contribution >= 0.6 is 0 Å². The van der Waals surface area contributed by atoms with Gasteiger partial charge >= 0.3 is 6.18 Å². The minimum Gasteiger partial charge on any atom is -0.530 e. The van der Waals surface area contributed by atoms with Crippen molar-refractivity contribution in [1.29, 1.82) is 0 Å². The van der Waals surface area contributed by atoms with Gasteiger partial charge in [0.1, 0.15) is 11.9 Å². The van der Waals surface area contributed by atoms with E-state index in [9.17, 15) is 27.5 Å². The van der Waals surface area contributed by atoms with Crippen LogP contribution in [0.1, 0.15) is 38.3 Å². The first kappa shape index (κ1) is 18.3. The third-order valence-electron chi connectivity index (χ3n) is 4.07. The van der Waals surface area contributed by atoms with Crippen molar-refractivity contribution in [2.75, 3.05) is 6.54 Å². The zero-order valence-corrected chi connectivity index (χ0v) is 13.6. The Kier molecular flexibility index (Phi) is 4.65. The number of benzene rings is 1. The lowest BCUT2D eigenvalue weighted by molar-refractivity contribution is -0.268. The lowest BCUT2D eigenvalue weighted by atomic mass is 9.80. The van der Waals surface area contributed by atoms with Gasteiger partial charge in [0, 0.05) is 6.54 Å². The average molecular weight is 344 g/mol. The normalized spacial score (nSPS) is 19.2. The van der Waals surface area contributed by atoms with E-state index >= 15 is 0 Å². The highest BCUT2D eigenvalue weighted by Gasteiger charge is 2.37. The van der Waals surface area contributed by atoms with Crippen LogP contribution in [0, 0.1) is 11.2 Å². The van der Waals surface area contributed by atoms with E-state index in [0.717, 1.165) is 17.0 Å². The summed E-state index contributed by atoms with van der Waals surface area (Å²) < 4.78 is 53.1. The van der Waals surface area contributed by atoms with E-state index in [1.165, 1.54) is 6.08 Å². The van der Waals surface area contributed by atoms with E-state index in [2.05, 4.69) is 0 Å². The van der Waals surface area contributed by atoms with Crippen molar-refractivity contribution in [2.45, 2.75) is 39.4 Å². The molecule has 0 fully saturated rings. The predicted octanol–water partition coefficient (Wildman–Crippen LogP) is 3.69. The molecule has 0 bridgehead atoms. The molecule has 1 amide bonds. The van der Waals surface area contributed by atoms with Gasteiger partial charge < -0.3 is 14.8 Å². The fraction of sp³-hybridized carbons (Fsp3) is 0.471. The molecule has 1 aromatic carbocycles. The summed E-state index contributed by atoms with van der Waals surface area (Å²) in [5.41, 5.74) is -1.42. The number of carbonyl (C=O) groups excluding carboxylic acids is 1. The molecular formula is C17H18F4NO2-. The molecule has 1 aromatic rings. The van der Waals surface area contributed by atoms with Gasteiger partial charge in [-0.05, 0) is 41.2 Å². The maximum Gasteiger partial charge on any atom is 0.416 e. The number of nitrogens with zero attached hydrogens (tertiary/aromatic N) is 1. The third kappa shape index (κ3) is 3.71. The molecule has 1 aliphatic rings. The first-order valence-electron chi connectivity index (χ1n) is 7.46. The van der Waals surface area contributed by atoms with Gasteiger partial charge in [0.25, 0.3) is 0 Å². The van der Waals surface area contributed by atoms with Crippen LogP contribution in [0.5, 0.6) is 0 Å². The topological polar surface area (TPSA) is 43.4 Å². The molecule has 0 aromatic heterocycles. The van der Waals surface area contributed by atoms with E-state index in [1.54, 1.807) is 20.8 Å². The molecule has 3 nitrogen and oxygen atoms in total. The van der Waals surface area contributed by atoms with Crippen LogP contribution in [0.2, 0.25) is 0 Å². The Bertz CT molecular complexity index is 674. The molecule has 1 aliphatic heterocycles. The highest BCUT2D eigenvalue weighted by molar-refractivity contribution is 5.73. The van der Waals surface area contributed by atoms with Gasteiger partial charge in [0.05, 0.1) is 11.6 Å². The summed E-state index contributed by atoms with van der Waals surface area (Å²) >= 11 is 0. The first-order chi connectivity index (χ1) is 10.9. The molecule has 0 spiro atoms. The summed E-state index contributed by atoms with van der Waals surface area (Å²) in [6.45, 7) is 5.35. The SMILES string of the molecule is CC(C)(C)C1C=C(c2cc(F)ccc2C(F)(F)F)CCN1C(=O)[O-]. The van der Waals surface area contributed by atoms with Crippen molar-refractivity contribution < 1.29 is 27.5 Å². The van der Waals surface area contributed by atoms with E-state index in [0.29, 0.717) is 11.6 Å². The van der Waals surface area contributed by atoms with Crippen molar-refractivity contribution in [3.05, 3.63) is 41.2 Å². The van der Waals surface area contributed by atoms with Crippen molar-refractivity contribution in [1.82, 2.24) is 4.90 Å². The number of hydrogen-bond donors (Lipinski definition) is 0. The summed E-state index contributed by atoms with van der Waals surface area (Å²) in [4.78, 5) is 12.4. The van der Waals surface area contributed by atoms with E-state index < -0.39 is 35.1 Å². The fourth-order valence-electron chi connectivity index (χ4n) is 2.92. The highest BCUT2D eigenvalue weighted by Crippen LogP contribution is 2.39. The van der Waals surface area contributed by atoms with Gasteiger partial charge in [-0.25, -0.2) is 4.39 Å². The summed E-state index contributed by atoms with van der Waals surface area (Å²) in [5.74, 6) is -0.770. The van der Waals surface area contributed by atoms with Crippen molar-refractivity contribution in [3.8, 4) is 0 Å². The molecule has 132 valence electrons. The third-order valence-corrected chi connectivity index (χ3v) is 4.07. The second kappa shape index (κ2) is 6.11. The molecule has 1 heterocycles. The first-order valence-corrected chi connectivity index (χ1v) is 7.46. The Morgan fingerprint density at radius 1 is 1.25 bits per heavy atom. The number of hydrogen-bond acceptors (Lipinski definition) is 2. The number of carbonyl (C=O) groups is 1. The van der Waals surface area contributed by atoms with Gasteiger partial charge in [-0.2, -0.15) is 13.2 Å². The van der Waals surface area contributed by atoms with Gasteiger partial charge in [0.2, 0.25) is 0 Å². The molecule has 7 heteroatoms. The van der Waals surface area contributed by atoms with Gasteiger partial charge in [-0.3, -0.25) is 0 Å². The van der Waals surface area contributed by atoms with E-state index in [-0.39, 0.29) is 18.5 Å². The van der Waals surface area contributed by atoms with E-state index in [1.807, 2.05) is 0 Å². The van der Waals surface area contributed by atoms with Crippen LogP contribution in [0.4, 0.5) is 22.4 Å². The molecule has 24 heavy (non-hydrogen) atoms. The zero-order chi connectivity index (χ0) is 18.3. The van der Waals surface area contributed by atoms with Crippen LogP contribution < -0.4 is 5.11 Å². The van der Waals surface area contributed by atoms with Crippen LogP contribution in [-0.2, 0) is 6.18 Å². The summed E-state index contributed by atoms with van der Waals surface area (Å²) in [6.07, 6.45) is -4.45. The Labute approximate surface area is 137 Å². The number of amides is 1. The highest BCUT2D eigenvalue weighted by atomic mass is 19.4. The Morgan fingerprint density at radius 3 is 2.38 bits per heavy atom. The maximum absolute atomic E-state index is 13.5. The summed E-state index contributed by atoms with van der Waals surface area (Å²) in [5, 5.41) is 11.3. The number of rotatable bonds is 1. The predicted molar refractivity (Wildman–Crippen MR) is 79.3 cm³/mol. The van der Waals surface area contributed by atoms with Crippen LogP contribution in [0.3, 0.4) is 0 Å². The Hall–Kier alpha value is -2.05. The number of halogens is 4. The smallest absolute Gasteiger partial charge is 0.416 e. The minimum atomic E-state index is -4.62. The molecule has 0 radical (unpaired) electrons. The quantitative estimate of drug-likeness (QED) is 0.729. The molecule has 0 N–H and O–H groups in total. The van der Waals surface area contributed by atoms with Gasteiger partial charge in [-0.1, -0.05) is 26.8 Å². The largest absolute Gasteiger partial charge is 0.530 e. The molecular weight excluding hydrogens is 326 g/mol. The molecule has 2 rings (SSSR count). The monoisotopic (exact) mass is 344 g/mol. The molecule has 0 saturated carbocycles. The molecule has 1 unspecified atom stereocenters. The number of alkyl halides is 3. The van der Waals surface area contributed by atoms with Crippen LogP contribution in [-0.4, -0.2) is 23.6 Å².